The lowest BCUT2D eigenvalue weighted by atomic mass is 9.86. The van der Waals surface area contributed by atoms with Crippen LogP contribution in [0.15, 0.2) is 24.4 Å². The normalized spacial score (nSPS) is 24.7. The molecule has 3 heterocycles. The Morgan fingerprint density at radius 1 is 1.41 bits per heavy atom. The van der Waals surface area contributed by atoms with Crippen LogP contribution < -0.4 is 15.4 Å². The number of carbonyl (C=O) groups excluding carboxylic acids is 1. The van der Waals surface area contributed by atoms with Crippen LogP contribution in [0.4, 0.5) is 5.69 Å². The number of hydrogen-bond acceptors (Lipinski definition) is 8. The van der Waals surface area contributed by atoms with Gasteiger partial charge in [0.15, 0.2) is 8.32 Å². The van der Waals surface area contributed by atoms with E-state index in [1.807, 2.05) is 37.5 Å². The average Bonchev–Trinajstić information content (AvgIpc) is 3.32. The Labute approximate surface area is 219 Å². The number of anilines is 1. The van der Waals surface area contributed by atoms with Crippen LogP contribution in [0.3, 0.4) is 0 Å². The summed E-state index contributed by atoms with van der Waals surface area (Å²) in [7, 11) is -0.943. The zero-order chi connectivity index (χ0) is 26.6. The van der Waals surface area contributed by atoms with Gasteiger partial charge in [0, 0.05) is 62.1 Å². The first-order chi connectivity index (χ1) is 17.7. The van der Waals surface area contributed by atoms with Crippen molar-refractivity contribution in [3.8, 4) is 5.75 Å². The summed E-state index contributed by atoms with van der Waals surface area (Å²) in [6.07, 6.45) is 4.43. The lowest BCUT2D eigenvalue weighted by Crippen LogP contribution is -2.48. The van der Waals surface area contributed by atoms with Gasteiger partial charge < -0.3 is 30.0 Å². The maximum absolute atomic E-state index is 12.8. The molecule has 0 saturated carbocycles. The largest absolute Gasteiger partial charge is 0.490 e. The van der Waals surface area contributed by atoms with Gasteiger partial charge in [-0.25, -0.2) is 0 Å². The van der Waals surface area contributed by atoms with Crippen LogP contribution in [-0.2, 0) is 22.5 Å². The molecule has 4 rings (SSSR count). The second kappa shape index (κ2) is 12.0. The molecule has 2 aromatic rings. The molecule has 2 unspecified atom stereocenters. The van der Waals surface area contributed by atoms with Gasteiger partial charge >= 0.3 is 0 Å². The number of piperidine rings is 1. The maximum Gasteiger partial charge on any atom is 0.228 e. The molecule has 37 heavy (non-hydrogen) atoms. The molecule has 2 aliphatic heterocycles. The molecule has 1 saturated heterocycles. The minimum absolute atomic E-state index is 0.0179. The standard InChI is InChI=1S/C26H41N5O5Si/c1-17-24(35-2)21-14-19(28-26(33)18-6-5-11-27-15-18)7-8-22(21)36-25(17)23(37(3,4)34)9-12-31-16-20(10-13-32)29-30-31/h7-8,14,16-18,23-25,27,32,34H,5-6,9-13,15H2,1-4H3,(H,28,33)/t17-,18?,23?,24-,25-/m1/s1. The van der Waals surface area contributed by atoms with Crippen molar-refractivity contribution in [3.05, 3.63) is 35.7 Å². The van der Waals surface area contributed by atoms with E-state index in [0.29, 0.717) is 25.9 Å². The van der Waals surface area contributed by atoms with Crippen molar-refractivity contribution in [2.24, 2.45) is 11.8 Å². The van der Waals surface area contributed by atoms with Crippen molar-refractivity contribution in [1.29, 1.82) is 0 Å². The van der Waals surface area contributed by atoms with Crippen molar-refractivity contribution in [2.45, 2.75) is 70.0 Å². The predicted molar refractivity (Wildman–Crippen MR) is 143 cm³/mol. The Balaban J connectivity index is 1.51. The number of carbonyl (C=O) groups is 1. The van der Waals surface area contributed by atoms with E-state index in [1.165, 1.54) is 0 Å². The van der Waals surface area contributed by atoms with Crippen LogP contribution in [0.2, 0.25) is 18.6 Å². The van der Waals surface area contributed by atoms with Gasteiger partial charge in [-0.15, -0.1) is 5.10 Å². The minimum atomic E-state index is -2.64. The van der Waals surface area contributed by atoms with E-state index < -0.39 is 8.32 Å². The summed E-state index contributed by atoms with van der Waals surface area (Å²) in [5.74, 6) is 0.717. The lowest BCUT2D eigenvalue weighted by Gasteiger charge is -2.44. The van der Waals surface area contributed by atoms with Gasteiger partial charge in [-0.1, -0.05) is 12.1 Å². The van der Waals surface area contributed by atoms with Gasteiger partial charge in [0.25, 0.3) is 0 Å². The fourth-order valence-electron chi connectivity index (χ4n) is 5.64. The number of hydrogen-bond donors (Lipinski definition) is 4. The van der Waals surface area contributed by atoms with Crippen LogP contribution in [0, 0.1) is 11.8 Å². The smallest absolute Gasteiger partial charge is 0.228 e. The topological polar surface area (TPSA) is 131 Å². The Morgan fingerprint density at radius 2 is 2.22 bits per heavy atom. The van der Waals surface area contributed by atoms with Gasteiger partial charge in [0.05, 0.1) is 17.7 Å². The summed E-state index contributed by atoms with van der Waals surface area (Å²) in [5.41, 5.74) is 2.32. The van der Waals surface area contributed by atoms with Crippen LogP contribution in [0.25, 0.3) is 0 Å². The van der Waals surface area contributed by atoms with Crippen LogP contribution in [0.1, 0.15) is 43.5 Å². The quantitative estimate of drug-likeness (QED) is 0.344. The number of aliphatic hydroxyl groups excluding tert-OH is 1. The molecule has 11 heteroatoms. The van der Waals surface area contributed by atoms with E-state index in [0.717, 1.165) is 42.1 Å². The number of amides is 1. The molecule has 204 valence electrons. The number of rotatable bonds is 10. The van der Waals surface area contributed by atoms with Crippen molar-refractivity contribution < 1.29 is 24.2 Å². The molecular weight excluding hydrogens is 490 g/mol. The number of benzene rings is 1. The summed E-state index contributed by atoms with van der Waals surface area (Å²) in [4.78, 5) is 24.0. The highest BCUT2D eigenvalue weighted by Gasteiger charge is 2.46. The number of nitrogens with one attached hydrogen (secondary N) is 2. The van der Waals surface area contributed by atoms with Crippen molar-refractivity contribution in [3.63, 3.8) is 0 Å². The minimum Gasteiger partial charge on any atom is -0.490 e. The second-order valence-corrected chi connectivity index (χ2v) is 14.9. The third-order valence-electron chi connectivity index (χ3n) is 7.69. The average molecular weight is 532 g/mol. The number of aromatic nitrogens is 3. The van der Waals surface area contributed by atoms with E-state index in [4.69, 9.17) is 14.6 Å². The number of aryl methyl sites for hydroxylation is 1. The lowest BCUT2D eigenvalue weighted by molar-refractivity contribution is -0.120. The number of aliphatic hydroxyl groups is 1. The Bertz CT molecular complexity index is 1050. The van der Waals surface area contributed by atoms with Crippen LogP contribution in [0.5, 0.6) is 5.75 Å². The molecule has 5 atom stereocenters. The van der Waals surface area contributed by atoms with E-state index in [2.05, 4.69) is 27.9 Å². The fraction of sp³-hybridized carbons (Fsp3) is 0.654. The van der Waals surface area contributed by atoms with E-state index >= 15 is 0 Å². The van der Waals surface area contributed by atoms with Gasteiger partial charge in [-0.2, -0.15) is 0 Å². The number of ether oxygens (including phenoxy) is 2. The second-order valence-electron chi connectivity index (χ2n) is 10.9. The van der Waals surface area contributed by atoms with Gasteiger partial charge in [-0.3, -0.25) is 9.48 Å². The molecule has 2 aliphatic rings. The number of nitrogens with zero attached hydrogens (tertiary/aromatic N) is 3. The zero-order valence-electron chi connectivity index (χ0n) is 22.3. The van der Waals surface area contributed by atoms with E-state index in [9.17, 15) is 9.59 Å². The maximum atomic E-state index is 12.8. The van der Waals surface area contributed by atoms with Gasteiger partial charge in [0.1, 0.15) is 11.9 Å². The van der Waals surface area contributed by atoms with Gasteiger partial charge in [-0.05, 0) is 57.1 Å². The van der Waals surface area contributed by atoms with Crippen LogP contribution in [-0.4, -0.2) is 72.0 Å². The molecule has 4 N–H and O–H groups in total. The molecule has 1 aromatic carbocycles. The molecule has 0 radical (unpaired) electrons. The molecule has 0 bridgehead atoms. The summed E-state index contributed by atoms with van der Waals surface area (Å²) in [6, 6.07) is 5.73. The van der Waals surface area contributed by atoms with Gasteiger partial charge in [0.2, 0.25) is 5.91 Å². The first kappa shape index (κ1) is 27.7. The summed E-state index contributed by atoms with van der Waals surface area (Å²) < 4.78 is 14.3. The highest BCUT2D eigenvalue weighted by molar-refractivity contribution is 6.71. The monoisotopic (exact) mass is 531 g/mol. The van der Waals surface area contributed by atoms with E-state index in [1.54, 1.807) is 11.8 Å². The first-order valence-corrected chi connectivity index (χ1v) is 16.3. The number of methoxy groups -OCH3 is 1. The van der Waals surface area contributed by atoms with Crippen molar-refractivity contribution >= 4 is 19.9 Å². The zero-order valence-corrected chi connectivity index (χ0v) is 23.3. The highest BCUT2D eigenvalue weighted by Crippen LogP contribution is 2.47. The molecule has 1 aromatic heterocycles. The highest BCUT2D eigenvalue weighted by atomic mass is 28.4. The Hall–Kier alpha value is -2.31. The Kier molecular flexibility index (Phi) is 9.01. The molecular formula is C26H41N5O5Si. The molecule has 10 nitrogen and oxygen atoms in total. The Morgan fingerprint density at radius 3 is 2.89 bits per heavy atom. The van der Waals surface area contributed by atoms with Crippen molar-refractivity contribution in [2.75, 3.05) is 32.1 Å². The molecule has 0 aliphatic carbocycles. The molecule has 0 spiro atoms. The molecule has 1 amide bonds. The SMILES string of the molecule is CO[C@H]1c2cc(NC(=O)C3CCCNC3)ccc2O[C@@H](C(CCn2cc(CCO)nn2)[Si](C)(C)O)[C@@H]1C. The summed E-state index contributed by atoms with van der Waals surface area (Å²) in [6.45, 7) is 8.30. The predicted octanol–water partition coefficient (Wildman–Crippen LogP) is 2.49. The third-order valence-corrected chi connectivity index (χ3v) is 10.1. The first-order valence-electron chi connectivity index (χ1n) is 13.3. The fourth-order valence-corrected chi connectivity index (χ4v) is 7.65. The van der Waals surface area contributed by atoms with E-state index in [-0.39, 0.29) is 42.1 Å². The summed E-state index contributed by atoms with van der Waals surface area (Å²) >= 11 is 0. The summed E-state index contributed by atoms with van der Waals surface area (Å²) in [5, 5.41) is 23.8. The molecule has 1 fully saturated rings. The third kappa shape index (κ3) is 6.58. The van der Waals surface area contributed by atoms with Crippen LogP contribution >= 0.6 is 0 Å². The van der Waals surface area contributed by atoms with Crippen molar-refractivity contribution in [1.82, 2.24) is 20.3 Å². The number of fused-ring (bicyclic) bond motifs is 1.